The lowest BCUT2D eigenvalue weighted by Crippen LogP contribution is -2.39. The van der Waals surface area contributed by atoms with Crippen LogP contribution < -0.4 is 4.74 Å². The zero-order valence-electron chi connectivity index (χ0n) is 22.1. The summed E-state index contributed by atoms with van der Waals surface area (Å²) in [6.45, 7) is 6.93. The average Bonchev–Trinajstić information content (AvgIpc) is 3.52. The fourth-order valence-electron chi connectivity index (χ4n) is 4.55. The Hall–Kier alpha value is -2.85. The third-order valence-electron chi connectivity index (χ3n) is 6.53. The van der Waals surface area contributed by atoms with Crippen LogP contribution in [0.1, 0.15) is 43.9 Å². The zero-order valence-corrected chi connectivity index (χ0v) is 22.1. The van der Waals surface area contributed by atoms with Gasteiger partial charge < -0.3 is 19.3 Å². The number of para-hydroxylation sites is 1. The van der Waals surface area contributed by atoms with Gasteiger partial charge in [-0.1, -0.05) is 31.5 Å². The summed E-state index contributed by atoms with van der Waals surface area (Å²) in [5.41, 5.74) is 2.20. The minimum absolute atomic E-state index is 0.0617. The fourth-order valence-corrected chi connectivity index (χ4v) is 4.55. The Balaban J connectivity index is 1.63. The van der Waals surface area contributed by atoms with Gasteiger partial charge in [0.1, 0.15) is 5.82 Å². The monoisotopic (exact) mass is 529 g/mol. The first-order valence-corrected chi connectivity index (χ1v) is 13.3. The van der Waals surface area contributed by atoms with E-state index in [0.717, 1.165) is 55.7 Å². The Morgan fingerprint density at radius 2 is 2.03 bits per heavy atom. The van der Waals surface area contributed by atoms with Gasteiger partial charge in [-0.05, 0) is 50.5 Å². The number of aromatic nitrogens is 2. The van der Waals surface area contributed by atoms with Crippen LogP contribution in [0.25, 0.3) is 5.69 Å². The molecule has 0 saturated carbocycles. The minimum Gasteiger partial charge on any atom is -0.435 e. The molecule has 2 atom stereocenters. The number of hydrogen-bond donors (Lipinski definition) is 1. The number of hydrogen-bond acceptors (Lipinski definition) is 6. The molecule has 0 spiro atoms. The molecular formula is C29H37F2N3O4. The van der Waals surface area contributed by atoms with Crippen molar-refractivity contribution in [3.63, 3.8) is 0 Å². The maximum absolute atomic E-state index is 14.6. The van der Waals surface area contributed by atoms with Crippen molar-refractivity contribution in [1.29, 1.82) is 0 Å². The lowest BCUT2D eigenvalue weighted by Gasteiger charge is -2.27. The van der Waals surface area contributed by atoms with Crippen LogP contribution in [0.15, 0.2) is 48.5 Å². The number of unbranched alkanes of at least 4 members (excludes halogenated alkanes) is 1. The predicted octanol–water partition coefficient (Wildman–Crippen LogP) is 5.41. The summed E-state index contributed by atoms with van der Waals surface area (Å²) in [4.78, 5) is 2.11. The van der Waals surface area contributed by atoms with Crippen molar-refractivity contribution in [3.8, 4) is 17.3 Å². The van der Waals surface area contributed by atoms with E-state index in [9.17, 15) is 13.9 Å². The van der Waals surface area contributed by atoms with Gasteiger partial charge in [0.15, 0.2) is 11.6 Å². The van der Waals surface area contributed by atoms with Gasteiger partial charge in [0, 0.05) is 38.9 Å². The topological polar surface area (TPSA) is 69.0 Å². The number of nitrogens with zero attached hydrogens (tertiary/aromatic N) is 3. The third-order valence-corrected chi connectivity index (χ3v) is 6.53. The maximum atomic E-state index is 14.6. The molecule has 2 aromatic carbocycles. The third kappa shape index (κ3) is 7.60. The number of benzene rings is 2. The van der Waals surface area contributed by atoms with E-state index in [2.05, 4.69) is 11.8 Å². The highest BCUT2D eigenvalue weighted by molar-refractivity contribution is 5.43. The van der Waals surface area contributed by atoms with Crippen LogP contribution in [-0.4, -0.2) is 64.9 Å². The van der Waals surface area contributed by atoms with Gasteiger partial charge in [-0.3, -0.25) is 4.90 Å². The van der Waals surface area contributed by atoms with E-state index in [1.54, 1.807) is 4.68 Å². The smallest absolute Gasteiger partial charge is 0.227 e. The molecule has 1 fully saturated rings. The largest absolute Gasteiger partial charge is 0.435 e. The number of aliphatic hydroxyl groups is 1. The van der Waals surface area contributed by atoms with Gasteiger partial charge in [-0.2, -0.15) is 5.10 Å². The standard InChI is InChI=1S/C29H37F2N3O4/c1-3-4-14-36-20-24(35)17-33(18-25-11-8-15-37-25)19-26-21(2)32-34(23-9-6-5-7-10-23)29(26)38-28-13-12-22(30)16-27(28)31/h5-7,9-10,12-13,16,24-25,35H,3-4,8,11,14-15,17-20H2,1-2H3. The number of aryl methyl sites for hydroxylation is 1. The lowest BCUT2D eigenvalue weighted by molar-refractivity contribution is 0.00136. The molecule has 1 saturated heterocycles. The molecule has 1 aromatic heterocycles. The summed E-state index contributed by atoms with van der Waals surface area (Å²) in [5.74, 6) is -1.24. The molecule has 1 aliphatic rings. The lowest BCUT2D eigenvalue weighted by atomic mass is 10.1. The molecule has 3 aromatic rings. The van der Waals surface area contributed by atoms with Gasteiger partial charge in [0.25, 0.3) is 0 Å². The van der Waals surface area contributed by atoms with Crippen molar-refractivity contribution in [2.45, 2.75) is 58.3 Å². The summed E-state index contributed by atoms with van der Waals surface area (Å²) < 4.78 is 47.4. The molecule has 1 aliphatic heterocycles. The second kappa shape index (κ2) is 13.8. The van der Waals surface area contributed by atoms with Crippen LogP contribution in [0.2, 0.25) is 0 Å². The summed E-state index contributed by atoms with van der Waals surface area (Å²) in [6, 6.07) is 12.6. The van der Waals surface area contributed by atoms with Gasteiger partial charge in [0.2, 0.25) is 5.88 Å². The molecule has 0 amide bonds. The van der Waals surface area contributed by atoms with E-state index in [1.807, 2.05) is 37.3 Å². The van der Waals surface area contributed by atoms with E-state index < -0.39 is 17.7 Å². The molecule has 9 heteroatoms. The van der Waals surface area contributed by atoms with E-state index in [1.165, 1.54) is 6.07 Å². The SMILES string of the molecule is CCCCOCC(O)CN(Cc1c(C)nn(-c2ccccc2)c1Oc1ccc(F)cc1F)CC1CCCO1. The van der Waals surface area contributed by atoms with E-state index in [0.29, 0.717) is 37.8 Å². The number of rotatable bonds is 14. The van der Waals surface area contributed by atoms with Crippen LogP contribution in [0.5, 0.6) is 11.6 Å². The van der Waals surface area contributed by atoms with Gasteiger partial charge in [0.05, 0.1) is 35.8 Å². The Kier molecular flexibility index (Phi) is 10.2. The Morgan fingerprint density at radius 3 is 2.74 bits per heavy atom. The summed E-state index contributed by atoms with van der Waals surface area (Å²) in [7, 11) is 0. The second-order valence-electron chi connectivity index (χ2n) is 9.70. The van der Waals surface area contributed by atoms with Gasteiger partial charge >= 0.3 is 0 Å². The summed E-state index contributed by atoms with van der Waals surface area (Å²) >= 11 is 0. The molecule has 38 heavy (non-hydrogen) atoms. The van der Waals surface area contributed by atoms with Crippen molar-refractivity contribution < 1.29 is 28.1 Å². The first-order chi connectivity index (χ1) is 18.4. The molecule has 2 heterocycles. The number of halogens is 2. The van der Waals surface area contributed by atoms with Crippen molar-refractivity contribution in [2.24, 2.45) is 0 Å². The highest BCUT2D eigenvalue weighted by Crippen LogP contribution is 2.33. The van der Waals surface area contributed by atoms with Crippen molar-refractivity contribution in [3.05, 3.63) is 71.4 Å². The van der Waals surface area contributed by atoms with E-state index in [-0.39, 0.29) is 18.5 Å². The highest BCUT2D eigenvalue weighted by atomic mass is 19.1. The van der Waals surface area contributed by atoms with Crippen LogP contribution >= 0.6 is 0 Å². The van der Waals surface area contributed by atoms with Gasteiger partial charge in [-0.25, -0.2) is 13.5 Å². The zero-order chi connectivity index (χ0) is 26.9. The van der Waals surface area contributed by atoms with E-state index >= 15 is 0 Å². The van der Waals surface area contributed by atoms with Crippen molar-refractivity contribution in [2.75, 3.05) is 32.9 Å². The van der Waals surface area contributed by atoms with Crippen LogP contribution in [0.4, 0.5) is 8.78 Å². The molecule has 4 rings (SSSR count). The molecule has 206 valence electrons. The minimum atomic E-state index is -0.801. The fraction of sp³-hybridized carbons (Fsp3) is 0.483. The average molecular weight is 530 g/mol. The van der Waals surface area contributed by atoms with Crippen LogP contribution in [-0.2, 0) is 16.0 Å². The summed E-state index contributed by atoms with van der Waals surface area (Å²) in [5, 5.41) is 15.5. The van der Waals surface area contributed by atoms with E-state index in [4.69, 9.17) is 19.3 Å². The number of aliphatic hydroxyl groups excluding tert-OH is 1. The summed E-state index contributed by atoms with van der Waals surface area (Å²) in [6.07, 6.45) is 3.31. The molecule has 2 unspecified atom stereocenters. The molecule has 0 radical (unpaired) electrons. The van der Waals surface area contributed by atoms with Crippen molar-refractivity contribution >= 4 is 0 Å². The Morgan fingerprint density at radius 1 is 1.21 bits per heavy atom. The second-order valence-corrected chi connectivity index (χ2v) is 9.70. The maximum Gasteiger partial charge on any atom is 0.227 e. The van der Waals surface area contributed by atoms with Gasteiger partial charge in [-0.15, -0.1) is 0 Å². The van der Waals surface area contributed by atoms with Crippen LogP contribution in [0.3, 0.4) is 0 Å². The van der Waals surface area contributed by atoms with Crippen molar-refractivity contribution in [1.82, 2.24) is 14.7 Å². The normalized spacial score (nSPS) is 16.3. The first-order valence-electron chi connectivity index (χ1n) is 13.3. The number of ether oxygens (including phenoxy) is 3. The molecular weight excluding hydrogens is 492 g/mol. The van der Waals surface area contributed by atoms with Crippen LogP contribution in [0, 0.1) is 18.6 Å². The quantitative estimate of drug-likeness (QED) is 0.282. The first kappa shape index (κ1) is 28.2. The highest BCUT2D eigenvalue weighted by Gasteiger charge is 2.26. The Bertz CT molecular complexity index is 1150. The molecule has 7 nitrogen and oxygen atoms in total. The predicted molar refractivity (Wildman–Crippen MR) is 141 cm³/mol. The molecule has 0 bridgehead atoms. The molecule has 1 N–H and O–H groups in total. The molecule has 0 aliphatic carbocycles. The Labute approximate surface area is 222 Å².